The molecule has 160 valence electrons. The van der Waals surface area contributed by atoms with Gasteiger partial charge in [0, 0.05) is 23.5 Å². The fourth-order valence-electron chi connectivity index (χ4n) is 2.79. The fourth-order valence-corrected chi connectivity index (χ4v) is 4.93. The molecule has 1 aliphatic rings. The lowest BCUT2D eigenvalue weighted by Crippen LogP contribution is -2.53. The number of anilines is 1. The lowest BCUT2D eigenvalue weighted by Gasteiger charge is -2.24. The van der Waals surface area contributed by atoms with Crippen LogP contribution in [0.25, 0.3) is 0 Å². The van der Waals surface area contributed by atoms with Gasteiger partial charge in [-0.05, 0) is 72.6 Å². The maximum atomic E-state index is 12.7. The molecule has 0 spiro atoms. The quantitative estimate of drug-likeness (QED) is 0.618. The van der Waals surface area contributed by atoms with E-state index >= 15 is 0 Å². The molecule has 1 aromatic carbocycles. The van der Waals surface area contributed by atoms with E-state index in [1.165, 1.54) is 11.3 Å². The number of hydrogen-bond donors (Lipinski definition) is 2. The normalized spacial score (nSPS) is 13.8. The number of carbonyl (C=O) groups is 3. The van der Waals surface area contributed by atoms with Crippen molar-refractivity contribution in [1.82, 2.24) is 10.2 Å². The van der Waals surface area contributed by atoms with Crippen molar-refractivity contribution in [1.29, 1.82) is 0 Å². The lowest BCUT2D eigenvalue weighted by atomic mass is 10.0. The highest BCUT2D eigenvalue weighted by Crippen LogP contribution is 2.29. The first-order valence-corrected chi connectivity index (χ1v) is 12.0. The van der Waals surface area contributed by atoms with Gasteiger partial charge in [0.1, 0.15) is 5.54 Å². The van der Waals surface area contributed by atoms with E-state index in [1.807, 2.05) is 11.8 Å². The number of carbonyl (C=O) groups excluding carboxylic acids is 3. The molecule has 3 amide bonds. The Hall–Kier alpha value is -2.04. The van der Waals surface area contributed by atoms with Crippen molar-refractivity contribution >= 4 is 62.6 Å². The van der Waals surface area contributed by atoms with E-state index in [-0.39, 0.29) is 5.91 Å². The van der Waals surface area contributed by atoms with Gasteiger partial charge in [-0.3, -0.25) is 9.59 Å². The van der Waals surface area contributed by atoms with E-state index in [0.717, 1.165) is 21.6 Å². The molecule has 0 aliphatic carbocycles. The summed E-state index contributed by atoms with van der Waals surface area (Å²) in [4.78, 5) is 39.2. The van der Waals surface area contributed by atoms with Gasteiger partial charge in [-0.15, -0.1) is 11.8 Å². The molecule has 2 heterocycles. The molecular formula is C20H22BrN3O4S2. The number of halogens is 1. The molecule has 0 bridgehead atoms. The zero-order chi connectivity index (χ0) is 21.9. The molecule has 1 aromatic heterocycles. The monoisotopic (exact) mass is 511 g/mol. The Balaban J connectivity index is 1.61. The Morgan fingerprint density at radius 3 is 2.57 bits per heavy atom. The number of benzene rings is 1. The highest BCUT2D eigenvalue weighted by atomic mass is 79.9. The average Bonchev–Trinajstić information content (AvgIpc) is 3.32. The number of hydrogen-bond acceptors (Lipinski definition) is 6. The maximum Gasteiger partial charge on any atom is 0.414 e. The van der Waals surface area contributed by atoms with Crippen molar-refractivity contribution in [3.8, 4) is 5.06 Å². The van der Waals surface area contributed by atoms with Crippen LogP contribution >= 0.6 is 39.0 Å². The molecule has 7 nitrogen and oxygen atoms in total. The predicted molar refractivity (Wildman–Crippen MR) is 123 cm³/mol. The van der Waals surface area contributed by atoms with Crippen molar-refractivity contribution in [3.63, 3.8) is 0 Å². The Bertz CT molecular complexity index is 971. The predicted octanol–water partition coefficient (Wildman–Crippen LogP) is 4.47. The number of thioether (sulfide) groups is 1. The van der Waals surface area contributed by atoms with Crippen LogP contribution in [0.2, 0.25) is 0 Å². The summed E-state index contributed by atoms with van der Waals surface area (Å²) in [6.07, 6.45) is -0.717. The third-order valence-electron chi connectivity index (χ3n) is 4.48. The minimum Gasteiger partial charge on any atom is -0.399 e. The smallest absolute Gasteiger partial charge is 0.399 e. The molecule has 30 heavy (non-hydrogen) atoms. The van der Waals surface area contributed by atoms with Crippen LogP contribution in [-0.4, -0.2) is 46.5 Å². The zero-order valence-corrected chi connectivity index (χ0v) is 20.0. The van der Waals surface area contributed by atoms with Gasteiger partial charge in [0.15, 0.2) is 5.06 Å². The second-order valence-corrected chi connectivity index (χ2v) is 10.8. The van der Waals surface area contributed by atoms with E-state index in [2.05, 4.69) is 26.6 Å². The molecule has 1 fully saturated rings. The second-order valence-electron chi connectivity index (χ2n) is 7.29. The summed E-state index contributed by atoms with van der Waals surface area (Å²) < 4.78 is 6.03. The minimum atomic E-state index is -1.21. The summed E-state index contributed by atoms with van der Waals surface area (Å²) in [6, 6.07) is 8.60. The number of aryl methyl sites for hydroxylation is 1. The summed E-state index contributed by atoms with van der Waals surface area (Å²) >= 11 is 6.30. The Morgan fingerprint density at radius 1 is 1.20 bits per heavy atom. The molecule has 1 saturated heterocycles. The topological polar surface area (TPSA) is 87.7 Å². The van der Waals surface area contributed by atoms with Crippen LogP contribution in [0.15, 0.2) is 34.1 Å². The van der Waals surface area contributed by atoms with Crippen LogP contribution in [0.3, 0.4) is 0 Å². The van der Waals surface area contributed by atoms with Gasteiger partial charge in [0.25, 0.3) is 5.91 Å². The van der Waals surface area contributed by atoms with Crippen LogP contribution in [0.5, 0.6) is 5.06 Å². The van der Waals surface area contributed by atoms with Crippen molar-refractivity contribution in [2.75, 3.05) is 23.5 Å². The number of rotatable bonds is 5. The highest BCUT2D eigenvalue weighted by molar-refractivity contribution is 9.11. The minimum absolute atomic E-state index is 0.000308. The molecule has 0 saturated carbocycles. The number of amides is 3. The molecule has 0 unspecified atom stereocenters. The van der Waals surface area contributed by atoms with E-state index in [1.54, 1.807) is 55.9 Å². The van der Waals surface area contributed by atoms with Gasteiger partial charge < -0.3 is 20.3 Å². The second kappa shape index (κ2) is 9.40. The van der Waals surface area contributed by atoms with Crippen LogP contribution in [0.4, 0.5) is 10.5 Å². The maximum absolute atomic E-state index is 12.7. The van der Waals surface area contributed by atoms with Gasteiger partial charge in [0.2, 0.25) is 5.91 Å². The van der Waals surface area contributed by atoms with Gasteiger partial charge in [-0.1, -0.05) is 11.3 Å². The lowest BCUT2D eigenvalue weighted by molar-refractivity contribution is -0.121. The molecular weight excluding hydrogens is 490 g/mol. The third-order valence-corrected chi connectivity index (χ3v) is 6.95. The summed E-state index contributed by atoms with van der Waals surface area (Å²) in [5.74, 6) is 1.25. The van der Waals surface area contributed by atoms with Crippen LogP contribution < -0.4 is 15.4 Å². The molecule has 10 heteroatoms. The molecule has 0 radical (unpaired) electrons. The van der Waals surface area contributed by atoms with E-state index in [4.69, 9.17) is 4.74 Å². The van der Waals surface area contributed by atoms with Crippen LogP contribution in [-0.2, 0) is 4.79 Å². The summed E-state index contributed by atoms with van der Waals surface area (Å²) in [5.41, 5.74) is 0.748. The molecule has 1 aliphatic heterocycles. The zero-order valence-electron chi connectivity index (χ0n) is 16.8. The van der Waals surface area contributed by atoms with Crippen molar-refractivity contribution < 1.29 is 19.1 Å². The molecule has 3 rings (SSSR count). The van der Waals surface area contributed by atoms with Crippen molar-refractivity contribution in [3.05, 3.63) is 45.2 Å². The van der Waals surface area contributed by atoms with Crippen LogP contribution in [0, 0.1) is 6.92 Å². The first kappa shape index (κ1) is 22.6. The molecule has 2 aromatic rings. The molecule has 2 N–H and O–H groups in total. The Labute approximate surface area is 191 Å². The van der Waals surface area contributed by atoms with E-state index in [9.17, 15) is 14.4 Å². The summed E-state index contributed by atoms with van der Waals surface area (Å²) in [7, 11) is 0. The van der Waals surface area contributed by atoms with E-state index in [0.29, 0.717) is 22.2 Å². The average molecular weight is 512 g/mol. The number of ether oxygens (including phenoxy) is 1. The highest BCUT2D eigenvalue weighted by Gasteiger charge is 2.31. The first-order valence-electron chi connectivity index (χ1n) is 9.20. The SMILES string of the molecule is Cc1cc(NC(=O)C(C)(C)NC(=O)Oc2ccc(Br)s2)ccc1C(=O)N1CCSC1. The first-order chi connectivity index (χ1) is 14.2. The Morgan fingerprint density at radius 2 is 1.97 bits per heavy atom. The third kappa shape index (κ3) is 5.55. The van der Waals surface area contributed by atoms with Gasteiger partial charge >= 0.3 is 6.09 Å². The van der Waals surface area contributed by atoms with Crippen molar-refractivity contribution in [2.45, 2.75) is 26.3 Å². The Kier molecular flexibility index (Phi) is 7.10. The standard InChI is InChI=1S/C20H22BrN3O4S2/c1-12-10-13(4-5-14(12)17(25)24-8-9-29-11-24)22-18(26)20(2,3)23-19(27)28-16-7-6-15(21)30-16/h4-7,10H,8-9,11H2,1-3H3,(H,22,26)(H,23,27). The van der Waals surface area contributed by atoms with E-state index < -0.39 is 17.5 Å². The van der Waals surface area contributed by atoms with Crippen molar-refractivity contribution in [2.24, 2.45) is 0 Å². The number of nitrogens with one attached hydrogen (secondary N) is 2. The largest absolute Gasteiger partial charge is 0.414 e. The van der Waals surface area contributed by atoms with Gasteiger partial charge in [0.05, 0.1) is 9.66 Å². The summed E-state index contributed by atoms with van der Waals surface area (Å²) in [6.45, 7) is 5.76. The summed E-state index contributed by atoms with van der Waals surface area (Å²) in [5, 5.41) is 5.78. The van der Waals surface area contributed by atoms with Crippen LogP contribution in [0.1, 0.15) is 29.8 Å². The fraction of sp³-hybridized carbons (Fsp3) is 0.350. The van der Waals surface area contributed by atoms with Gasteiger partial charge in [-0.2, -0.15) is 0 Å². The van der Waals surface area contributed by atoms with Gasteiger partial charge in [-0.25, -0.2) is 4.79 Å². The molecule has 0 atom stereocenters. The number of thiophene rings is 1. The number of nitrogens with zero attached hydrogens (tertiary/aromatic N) is 1.